The topological polar surface area (TPSA) is 65.5 Å². The van der Waals surface area contributed by atoms with Crippen LogP contribution >= 0.6 is 0 Å². The summed E-state index contributed by atoms with van der Waals surface area (Å²) in [7, 11) is 0. The third kappa shape index (κ3) is 6.12. The van der Waals surface area contributed by atoms with Gasteiger partial charge in [0.05, 0.1) is 16.8 Å². The third-order valence-corrected chi connectivity index (χ3v) is 6.70. The highest BCUT2D eigenvalue weighted by Crippen LogP contribution is 2.30. The summed E-state index contributed by atoms with van der Waals surface area (Å²) in [6.07, 6.45) is 2.90. The number of hydrogen-bond acceptors (Lipinski definition) is 5. The number of ether oxygens (including phenoxy) is 2. The Morgan fingerprint density at radius 2 is 1.14 bits per heavy atom. The molecule has 5 heteroatoms. The molecule has 0 aliphatic heterocycles. The molecule has 1 fully saturated rings. The van der Waals surface area contributed by atoms with Gasteiger partial charge >= 0.3 is 11.9 Å². The van der Waals surface area contributed by atoms with Gasteiger partial charge in [0.2, 0.25) is 0 Å². The summed E-state index contributed by atoms with van der Waals surface area (Å²) < 4.78 is 11.6. The van der Waals surface area contributed by atoms with Gasteiger partial charge in [-0.3, -0.25) is 4.98 Å². The van der Waals surface area contributed by atoms with Crippen LogP contribution in [-0.4, -0.2) is 29.1 Å². The first-order valence-corrected chi connectivity index (χ1v) is 12.6. The average molecular weight is 492 g/mol. The molecule has 5 nitrogen and oxygen atoms in total. The zero-order valence-electron chi connectivity index (χ0n) is 20.7. The number of rotatable bonds is 6. The van der Waals surface area contributed by atoms with Gasteiger partial charge in [-0.25, -0.2) is 9.59 Å². The van der Waals surface area contributed by atoms with Crippen LogP contribution in [0.2, 0.25) is 0 Å². The summed E-state index contributed by atoms with van der Waals surface area (Å²) in [6.45, 7) is 2.09. The van der Waals surface area contributed by atoms with E-state index in [2.05, 4.69) is 11.9 Å². The molecule has 37 heavy (non-hydrogen) atoms. The Morgan fingerprint density at radius 3 is 1.70 bits per heavy atom. The molecule has 3 atom stereocenters. The van der Waals surface area contributed by atoms with Gasteiger partial charge in [-0.15, -0.1) is 0 Å². The molecule has 0 saturated heterocycles. The first kappa shape index (κ1) is 24.4. The van der Waals surface area contributed by atoms with E-state index in [4.69, 9.17) is 9.47 Å². The van der Waals surface area contributed by atoms with Crippen LogP contribution in [0.25, 0.3) is 22.4 Å². The van der Waals surface area contributed by atoms with E-state index in [0.717, 1.165) is 35.2 Å². The highest BCUT2D eigenvalue weighted by atomic mass is 16.6. The normalized spacial score (nSPS) is 19.1. The monoisotopic (exact) mass is 491 g/mol. The molecule has 0 bridgehead atoms. The fraction of sp³-hybridized carbons (Fsp3) is 0.219. The molecule has 1 aliphatic carbocycles. The van der Waals surface area contributed by atoms with Crippen molar-refractivity contribution in [2.45, 2.75) is 38.4 Å². The van der Waals surface area contributed by atoms with Gasteiger partial charge in [-0.2, -0.15) is 0 Å². The van der Waals surface area contributed by atoms with E-state index in [-0.39, 0.29) is 24.1 Å². The molecule has 0 amide bonds. The standard InChI is InChI=1S/C32H29NO4/c1-22-18-28(36-31(34)26-14-12-24(13-15-26)23-8-4-2-5-9-23)20-29(19-22)37-32(35)27-16-17-30(33-21-27)25-10-6-3-7-11-25/h2-17,21-22,28-29H,18-20H2,1H3/t22-,28?,29?/m1/s1. The zero-order valence-corrected chi connectivity index (χ0v) is 20.7. The Labute approximate surface area is 217 Å². The number of aromatic nitrogens is 1. The smallest absolute Gasteiger partial charge is 0.339 e. The minimum Gasteiger partial charge on any atom is -0.459 e. The van der Waals surface area contributed by atoms with Crippen molar-refractivity contribution >= 4 is 11.9 Å². The van der Waals surface area contributed by atoms with Crippen molar-refractivity contribution in [2.24, 2.45) is 5.92 Å². The second-order valence-electron chi connectivity index (χ2n) is 9.61. The molecule has 1 heterocycles. The second-order valence-corrected chi connectivity index (χ2v) is 9.61. The first-order valence-electron chi connectivity index (χ1n) is 12.6. The van der Waals surface area contributed by atoms with Crippen LogP contribution in [0, 0.1) is 5.92 Å². The van der Waals surface area contributed by atoms with Crippen LogP contribution < -0.4 is 0 Å². The predicted octanol–water partition coefficient (Wildman–Crippen LogP) is 6.99. The van der Waals surface area contributed by atoms with E-state index in [1.54, 1.807) is 24.4 Å². The van der Waals surface area contributed by atoms with Crippen LogP contribution in [-0.2, 0) is 9.47 Å². The molecule has 3 aromatic carbocycles. The lowest BCUT2D eigenvalue weighted by Crippen LogP contribution is -2.35. The number of carbonyl (C=O) groups is 2. The summed E-state index contributed by atoms with van der Waals surface area (Å²) in [5.74, 6) is -0.499. The fourth-order valence-electron chi connectivity index (χ4n) is 4.83. The van der Waals surface area contributed by atoms with Crippen molar-refractivity contribution in [3.8, 4) is 22.4 Å². The molecular weight excluding hydrogens is 462 g/mol. The molecule has 0 radical (unpaired) electrons. The summed E-state index contributed by atoms with van der Waals surface area (Å²) in [4.78, 5) is 30.0. The quantitative estimate of drug-likeness (QED) is 0.272. The van der Waals surface area contributed by atoms with E-state index in [9.17, 15) is 9.59 Å². The lowest BCUT2D eigenvalue weighted by molar-refractivity contribution is -0.0284. The Morgan fingerprint density at radius 1 is 0.622 bits per heavy atom. The molecule has 0 N–H and O–H groups in total. The van der Waals surface area contributed by atoms with Crippen LogP contribution in [0.15, 0.2) is 103 Å². The van der Waals surface area contributed by atoms with E-state index < -0.39 is 5.97 Å². The molecule has 5 rings (SSSR count). The van der Waals surface area contributed by atoms with Crippen molar-refractivity contribution in [3.05, 3.63) is 114 Å². The van der Waals surface area contributed by atoms with Gasteiger partial charge in [0, 0.05) is 18.2 Å². The lowest BCUT2D eigenvalue weighted by Gasteiger charge is -2.32. The molecule has 1 aromatic heterocycles. The van der Waals surface area contributed by atoms with Crippen molar-refractivity contribution in [1.82, 2.24) is 4.98 Å². The number of esters is 2. The molecule has 186 valence electrons. The predicted molar refractivity (Wildman–Crippen MR) is 143 cm³/mol. The lowest BCUT2D eigenvalue weighted by atomic mass is 9.86. The number of benzene rings is 3. The molecule has 1 saturated carbocycles. The van der Waals surface area contributed by atoms with Crippen LogP contribution in [0.3, 0.4) is 0 Å². The van der Waals surface area contributed by atoms with Crippen LogP contribution in [0.4, 0.5) is 0 Å². The Bertz CT molecular complexity index is 1230. The number of carbonyl (C=O) groups excluding carboxylic acids is 2. The highest BCUT2D eigenvalue weighted by Gasteiger charge is 2.32. The average Bonchev–Trinajstić information content (AvgIpc) is 2.94. The summed E-state index contributed by atoms with van der Waals surface area (Å²) in [6, 6.07) is 30.8. The SMILES string of the molecule is C[C@@H]1CC(OC(=O)c2ccc(-c3ccccc3)cc2)CC(OC(=O)c2ccc(-c3ccccc3)nc2)C1. The minimum absolute atomic E-state index is 0.267. The van der Waals surface area contributed by atoms with Crippen molar-refractivity contribution in [3.63, 3.8) is 0 Å². The summed E-state index contributed by atoms with van der Waals surface area (Å²) in [5.41, 5.74) is 4.84. The molecule has 0 spiro atoms. The second kappa shape index (κ2) is 11.2. The molecular formula is C32H29NO4. The van der Waals surface area contributed by atoms with Gasteiger partial charge in [-0.05, 0) is 54.2 Å². The molecule has 1 aliphatic rings. The maximum Gasteiger partial charge on any atom is 0.339 e. The zero-order chi connectivity index (χ0) is 25.6. The molecule has 4 aromatic rings. The van der Waals surface area contributed by atoms with E-state index in [1.807, 2.05) is 78.9 Å². The van der Waals surface area contributed by atoms with Crippen LogP contribution in [0.5, 0.6) is 0 Å². The van der Waals surface area contributed by atoms with Crippen molar-refractivity contribution in [2.75, 3.05) is 0 Å². The highest BCUT2D eigenvalue weighted by molar-refractivity contribution is 5.90. The maximum absolute atomic E-state index is 12.8. The van der Waals surface area contributed by atoms with Crippen molar-refractivity contribution in [1.29, 1.82) is 0 Å². The summed E-state index contributed by atoms with van der Waals surface area (Å²) in [5, 5.41) is 0. The molecule has 2 unspecified atom stereocenters. The van der Waals surface area contributed by atoms with Crippen LogP contribution in [0.1, 0.15) is 46.9 Å². The third-order valence-electron chi connectivity index (χ3n) is 6.70. The van der Waals surface area contributed by atoms with E-state index in [0.29, 0.717) is 17.5 Å². The van der Waals surface area contributed by atoms with Gasteiger partial charge < -0.3 is 9.47 Å². The fourth-order valence-corrected chi connectivity index (χ4v) is 4.83. The largest absolute Gasteiger partial charge is 0.459 e. The Kier molecular flexibility index (Phi) is 7.41. The van der Waals surface area contributed by atoms with Gasteiger partial charge in [-0.1, -0.05) is 79.7 Å². The minimum atomic E-state index is -0.409. The number of hydrogen-bond donors (Lipinski definition) is 0. The first-order chi connectivity index (χ1) is 18.0. The van der Waals surface area contributed by atoms with E-state index in [1.165, 1.54) is 0 Å². The number of nitrogens with zero attached hydrogens (tertiary/aromatic N) is 1. The Hall–Kier alpha value is -4.25. The summed E-state index contributed by atoms with van der Waals surface area (Å²) >= 11 is 0. The van der Waals surface area contributed by atoms with Gasteiger partial charge in [0.15, 0.2) is 0 Å². The van der Waals surface area contributed by atoms with Crippen molar-refractivity contribution < 1.29 is 19.1 Å². The van der Waals surface area contributed by atoms with Gasteiger partial charge in [0.1, 0.15) is 12.2 Å². The van der Waals surface area contributed by atoms with Gasteiger partial charge in [0.25, 0.3) is 0 Å². The van der Waals surface area contributed by atoms with E-state index >= 15 is 0 Å². The number of pyridine rings is 1. The Balaban J connectivity index is 1.18. The maximum atomic E-state index is 12.8.